The number of hydrogen-bond acceptors (Lipinski definition) is 4. The summed E-state index contributed by atoms with van der Waals surface area (Å²) >= 11 is 0. The second-order valence-corrected chi connectivity index (χ2v) is 3.11. The Morgan fingerprint density at radius 3 is 2.71 bits per heavy atom. The molecule has 0 radical (unpaired) electrons. The Hall–Kier alpha value is -2.36. The molecule has 0 atom stereocenters. The molecule has 7 heteroatoms. The topological polar surface area (TPSA) is 96.3 Å². The summed E-state index contributed by atoms with van der Waals surface area (Å²) in [5, 5.41) is 17.4. The highest BCUT2D eigenvalue weighted by Gasteiger charge is 2.17. The molecule has 0 heterocycles. The van der Waals surface area contributed by atoms with Crippen LogP contribution in [0, 0.1) is 11.3 Å². The van der Waals surface area contributed by atoms with Crippen LogP contribution < -0.4 is 10.5 Å². The summed E-state index contributed by atoms with van der Waals surface area (Å²) in [5.41, 5.74) is 5.22. The van der Waals surface area contributed by atoms with Crippen molar-refractivity contribution in [1.29, 1.82) is 5.26 Å². The molecule has 0 fully saturated rings. The normalized spacial score (nSPS) is 10.0. The minimum atomic E-state index is -3.11. The van der Waals surface area contributed by atoms with Gasteiger partial charge in [0.05, 0.1) is 18.1 Å². The Balaban J connectivity index is 3.29. The van der Waals surface area contributed by atoms with Crippen LogP contribution in [0.15, 0.2) is 12.1 Å². The van der Waals surface area contributed by atoms with Gasteiger partial charge in [-0.05, 0) is 6.07 Å². The minimum absolute atomic E-state index is 0.0475. The summed E-state index contributed by atoms with van der Waals surface area (Å²) in [7, 11) is 0. The largest absolute Gasteiger partial charge is 0.481 e. The van der Waals surface area contributed by atoms with Gasteiger partial charge < -0.3 is 15.6 Å². The maximum atomic E-state index is 12.1. The van der Waals surface area contributed by atoms with Gasteiger partial charge in [0.25, 0.3) is 0 Å². The molecule has 0 aliphatic carbocycles. The monoisotopic (exact) mass is 242 g/mol. The summed E-state index contributed by atoms with van der Waals surface area (Å²) < 4.78 is 28.4. The van der Waals surface area contributed by atoms with Gasteiger partial charge in [0.2, 0.25) is 0 Å². The smallest absolute Gasteiger partial charge is 0.387 e. The molecular weight excluding hydrogens is 234 g/mol. The first kappa shape index (κ1) is 12.7. The number of hydrogen-bond donors (Lipinski definition) is 2. The third-order valence-corrected chi connectivity index (χ3v) is 1.90. The number of nitrogens with two attached hydrogens (primary N) is 1. The van der Waals surface area contributed by atoms with E-state index in [9.17, 15) is 13.6 Å². The van der Waals surface area contributed by atoms with Crippen molar-refractivity contribution in [3.63, 3.8) is 0 Å². The van der Waals surface area contributed by atoms with E-state index in [1.807, 2.05) is 0 Å². The van der Waals surface area contributed by atoms with Gasteiger partial charge in [-0.1, -0.05) is 0 Å². The zero-order valence-electron chi connectivity index (χ0n) is 8.48. The van der Waals surface area contributed by atoms with Crippen LogP contribution in [-0.2, 0) is 11.2 Å². The number of carboxylic acid groups (broad SMARTS) is 1. The highest BCUT2D eigenvalue weighted by molar-refractivity contribution is 5.74. The van der Waals surface area contributed by atoms with Gasteiger partial charge in [0.1, 0.15) is 5.75 Å². The number of nitriles is 1. The first-order valence-electron chi connectivity index (χ1n) is 4.43. The van der Waals surface area contributed by atoms with Crippen LogP contribution in [0.3, 0.4) is 0 Å². The van der Waals surface area contributed by atoms with Gasteiger partial charge >= 0.3 is 12.6 Å². The zero-order chi connectivity index (χ0) is 13.0. The molecule has 0 spiro atoms. The fourth-order valence-electron chi connectivity index (χ4n) is 1.30. The van der Waals surface area contributed by atoms with E-state index < -0.39 is 19.0 Å². The number of nitrogens with zero attached hydrogens (tertiary/aromatic N) is 1. The Bertz CT molecular complexity index is 483. The molecule has 0 saturated heterocycles. The van der Waals surface area contributed by atoms with Crippen molar-refractivity contribution in [2.24, 2.45) is 0 Å². The van der Waals surface area contributed by atoms with E-state index in [0.717, 1.165) is 6.07 Å². The fraction of sp³-hybridized carbons (Fsp3) is 0.200. The van der Waals surface area contributed by atoms with Crippen LogP contribution in [-0.4, -0.2) is 17.7 Å². The number of aliphatic carboxylic acids is 1. The molecule has 1 rings (SSSR count). The predicted octanol–water partition coefficient (Wildman–Crippen LogP) is 1.37. The molecule has 0 bridgehead atoms. The first-order valence-corrected chi connectivity index (χ1v) is 4.43. The first-order chi connectivity index (χ1) is 7.93. The molecule has 5 nitrogen and oxygen atoms in total. The van der Waals surface area contributed by atoms with E-state index >= 15 is 0 Å². The molecular formula is C10H8F2N2O3. The average molecular weight is 242 g/mol. The summed E-state index contributed by atoms with van der Waals surface area (Å²) in [6.07, 6.45) is -0.592. The van der Waals surface area contributed by atoms with Crippen molar-refractivity contribution < 1.29 is 23.4 Å². The van der Waals surface area contributed by atoms with Gasteiger partial charge in [-0.25, -0.2) is 0 Å². The van der Waals surface area contributed by atoms with Crippen molar-refractivity contribution in [3.05, 3.63) is 23.3 Å². The number of anilines is 1. The molecule has 0 aliphatic rings. The Labute approximate surface area is 95.0 Å². The molecule has 0 unspecified atom stereocenters. The van der Waals surface area contributed by atoms with Gasteiger partial charge in [-0.15, -0.1) is 0 Å². The number of halogens is 2. The number of rotatable bonds is 4. The molecule has 0 aliphatic heterocycles. The van der Waals surface area contributed by atoms with Gasteiger partial charge in [0, 0.05) is 17.3 Å². The zero-order valence-corrected chi connectivity index (χ0v) is 8.48. The fourth-order valence-corrected chi connectivity index (χ4v) is 1.30. The van der Waals surface area contributed by atoms with Crippen LogP contribution in [0.5, 0.6) is 5.75 Å². The second-order valence-electron chi connectivity index (χ2n) is 3.11. The van der Waals surface area contributed by atoms with Crippen molar-refractivity contribution in [2.75, 3.05) is 5.73 Å². The molecule has 3 N–H and O–H groups in total. The molecule has 1 aromatic carbocycles. The lowest BCUT2D eigenvalue weighted by molar-refractivity contribution is -0.136. The van der Waals surface area contributed by atoms with Crippen molar-refractivity contribution in [1.82, 2.24) is 0 Å². The number of benzene rings is 1. The van der Waals surface area contributed by atoms with Crippen LogP contribution in [0.4, 0.5) is 14.5 Å². The summed E-state index contributed by atoms with van der Waals surface area (Å²) in [6.45, 7) is -3.11. The van der Waals surface area contributed by atoms with Crippen LogP contribution in [0.2, 0.25) is 0 Å². The van der Waals surface area contributed by atoms with Gasteiger partial charge in [0.15, 0.2) is 0 Å². The molecule has 0 aromatic heterocycles. The van der Waals surface area contributed by atoms with Crippen molar-refractivity contribution in [3.8, 4) is 11.8 Å². The molecule has 90 valence electrons. The van der Waals surface area contributed by atoms with E-state index in [4.69, 9.17) is 16.1 Å². The number of carboxylic acids is 1. The minimum Gasteiger partial charge on any atom is -0.481 e. The van der Waals surface area contributed by atoms with Gasteiger partial charge in [-0.3, -0.25) is 4.79 Å². The van der Waals surface area contributed by atoms with Crippen LogP contribution >= 0.6 is 0 Å². The van der Waals surface area contributed by atoms with Crippen LogP contribution in [0.25, 0.3) is 0 Å². The quantitative estimate of drug-likeness (QED) is 0.777. The third-order valence-electron chi connectivity index (χ3n) is 1.90. The van der Waals surface area contributed by atoms with E-state index in [-0.39, 0.29) is 22.6 Å². The average Bonchev–Trinajstić information content (AvgIpc) is 2.20. The SMILES string of the molecule is N#Cc1cc(N)cc(OC(F)F)c1CC(=O)O. The molecule has 1 aromatic rings. The lowest BCUT2D eigenvalue weighted by Gasteiger charge is -2.11. The summed E-state index contributed by atoms with van der Waals surface area (Å²) in [4.78, 5) is 10.6. The summed E-state index contributed by atoms with van der Waals surface area (Å²) in [5.74, 6) is -1.65. The standard InChI is InChI=1S/C10H8F2N2O3/c11-10(12)17-8-2-6(14)1-5(4-13)7(8)3-9(15)16/h1-2,10H,3,14H2,(H,15,16). The maximum absolute atomic E-state index is 12.1. The lowest BCUT2D eigenvalue weighted by atomic mass is 10.0. The lowest BCUT2D eigenvalue weighted by Crippen LogP contribution is -2.10. The highest BCUT2D eigenvalue weighted by atomic mass is 19.3. The highest BCUT2D eigenvalue weighted by Crippen LogP contribution is 2.28. The Morgan fingerprint density at radius 1 is 1.59 bits per heavy atom. The molecule has 0 saturated carbocycles. The Kier molecular flexibility index (Phi) is 3.82. The van der Waals surface area contributed by atoms with Crippen molar-refractivity contribution in [2.45, 2.75) is 13.0 Å². The third kappa shape index (κ3) is 3.31. The number of ether oxygens (including phenoxy) is 1. The van der Waals surface area contributed by atoms with Crippen LogP contribution in [0.1, 0.15) is 11.1 Å². The number of alkyl halides is 2. The number of nitrogen functional groups attached to an aromatic ring is 1. The summed E-state index contributed by atoms with van der Waals surface area (Å²) in [6, 6.07) is 3.95. The number of carbonyl (C=O) groups is 1. The van der Waals surface area contributed by atoms with Crippen molar-refractivity contribution >= 4 is 11.7 Å². The predicted molar refractivity (Wildman–Crippen MR) is 53.5 cm³/mol. The van der Waals surface area contributed by atoms with E-state index in [0.29, 0.717) is 0 Å². The van der Waals surface area contributed by atoms with E-state index in [1.54, 1.807) is 6.07 Å². The molecule has 17 heavy (non-hydrogen) atoms. The van der Waals surface area contributed by atoms with E-state index in [1.165, 1.54) is 6.07 Å². The van der Waals surface area contributed by atoms with Gasteiger partial charge in [-0.2, -0.15) is 14.0 Å². The molecule has 0 amide bonds. The van der Waals surface area contributed by atoms with E-state index in [2.05, 4.69) is 4.74 Å². The maximum Gasteiger partial charge on any atom is 0.387 e. The Morgan fingerprint density at radius 2 is 2.24 bits per heavy atom. The second kappa shape index (κ2) is 5.12.